The van der Waals surface area contributed by atoms with E-state index in [-0.39, 0.29) is 12.2 Å². The number of aryl methyl sites for hydroxylation is 2. The van der Waals surface area contributed by atoms with Crippen molar-refractivity contribution in [1.29, 1.82) is 0 Å². The van der Waals surface area contributed by atoms with E-state index in [9.17, 15) is 0 Å². The smallest absolute Gasteiger partial charge is 0.231 e. The summed E-state index contributed by atoms with van der Waals surface area (Å²) in [6.45, 7) is 7.91. The molecule has 5 nitrogen and oxygen atoms in total. The van der Waals surface area contributed by atoms with Crippen LogP contribution in [-0.2, 0) is 24.8 Å². The van der Waals surface area contributed by atoms with E-state index >= 15 is 0 Å². The fraction of sp³-hybridized carbons (Fsp3) is 0.323. The maximum atomic E-state index is 5.85. The quantitative estimate of drug-likeness (QED) is 0.335. The van der Waals surface area contributed by atoms with Crippen LogP contribution in [0.15, 0.2) is 54.7 Å². The van der Waals surface area contributed by atoms with Crippen LogP contribution in [0, 0.1) is 0 Å². The maximum Gasteiger partial charge on any atom is 0.231 e. The van der Waals surface area contributed by atoms with Crippen molar-refractivity contribution in [1.82, 2.24) is 0 Å². The minimum atomic E-state index is 0.123. The van der Waals surface area contributed by atoms with E-state index in [2.05, 4.69) is 74.0 Å². The van der Waals surface area contributed by atoms with Gasteiger partial charge in [0.2, 0.25) is 12.5 Å². The van der Waals surface area contributed by atoms with Crippen LogP contribution in [0.2, 0.25) is 0 Å². The Hall–Kier alpha value is -3.73. The number of ether oxygens (including phenoxy) is 4. The minimum Gasteiger partial charge on any atom is -0.493 e. The van der Waals surface area contributed by atoms with Gasteiger partial charge in [-0.05, 0) is 46.4 Å². The lowest BCUT2D eigenvalue weighted by molar-refractivity contribution is -0.686. The second kappa shape index (κ2) is 8.44. The minimum absolute atomic E-state index is 0.123. The summed E-state index contributed by atoms with van der Waals surface area (Å²) in [5.41, 5.74) is 7.75. The second-order valence-corrected chi connectivity index (χ2v) is 10.6. The lowest BCUT2D eigenvalue weighted by Gasteiger charge is -2.22. The van der Waals surface area contributed by atoms with Crippen LogP contribution in [0.1, 0.15) is 43.0 Å². The van der Waals surface area contributed by atoms with Crippen molar-refractivity contribution in [2.24, 2.45) is 0 Å². The van der Waals surface area contributed by atoms with E-state index < -0.39 is 0 Å². The highest BCUT2D eigenvalue weighted by atomic mass is 16.7. The molecule has 1 aromatic heterocycles. The summed E-state index contributed by atoms with van der Waals surface area (Å²) in [7, 11) is 3.40. The van der Waals surface area contributed by atoms with Crippen LogP contribution in [0.5, 0.6) is 23.0 Å². The normalized spacial score (nSPS) is 13.9. The van der Waals surface area contributed by atoms with Crippen molar-refractivity contribution in [3.63, 3.8) is 0 Å². The topological polar surface area (TPSA) is 40.8 Å². The molecule has 6 rings (SSSR count). The lowest BCUT2D eigenvalue weighted by Crippen LogP contribution is -2.41. The van der Waals surface area contributed by atoms with E-state index in [0.29, 0.717) is 0 Å². The van der Waals surface area contributed by atoms with Crippen LogP contribution >= 0.6 is 0 Å². The molecule has 3 aromatic carbocycles. The number of fused-ring (bicyclic) bond motifs is 5. The Morgan fingerprint density at radius 1 is 0.889 bits per heavy atom. The highest BCUT2D eigenvalue weighted by Crippen LogP contribution is 2.44. The van der Waals surface area contributed by atoms with Crippen LogP contribution in [0.4, 0.5) is 0 Å². The molecule has 2 aliphatic rings. The molecule has 4 aromatic rings. The van der Waals surface area contributed by atoms with Crippen molar-refractivity contribution >= 4 is 10.8 Å². The van der Waals surface area contributed by atoms with Crippen molar-refractivity contribution in [2.75, 3.05) is 21.0 Å². The molecule has 0 bridgehead atoms. The third-order valence-corrected chi connectivity index (χ3v) is 7.44. The number of pyridine rings is 1. The monoisotopic (exact) mass is 482 g/mol. The first-order valence-corrected chi connectivity index (χ1v) is 12.5. The zero-order valence-corrected chi connectivity index (χ0v) is 21.6. The first kappa shape index (κ1) is 22.7. The van der Waals surface area contributed by atoms with Crippen molar-refractivity contribution in [2.45, 2.75) is 45.6 Å². The molecule has 0 spiro atoms. The van der Waals surface area contributed by atoms with Gasteiger partial charge >= 0.3 is 0 Å². The molecular weight excluding hydrogens is 450 g/mol. The predicted octanol–water partition coefficient (Wildman–Crippen LogP) is 5.98. The summed E-state index contributed by atoms with van der Waals surface area (Å²) in [6, 6.07) is 17.5. The molecule has 0 unspecified atom stereocenters. The van der Waals surface area contributed by atoms with Crippen LogP contribution in [0.3, 0.4) is 0 Å². The molecule has 0 atom stereocenters. The van der Waals surface area contributed by atoms with E-state index in [1.54, 1.807) is 14.2 Å². The average Bonchev–Trinajstić information content (AvgIpc) is 3.33. The molecule has 184 valence electrons. The highest BCUT2D eigenvalue weighted by Gasteiger charge is 2.32. The van der Waals surface area contributed by atoms with Gasteiger partial charge in [0.15, 0.2) is 35.7 Å². The molecule has 0 amide bonds. The summed E-state index contributed by atoms with van der Waals surface area (Å²) < 4.78 is 25.3. The molecule has 0 radical (unpaired) electrons. The Balaban J connectivity index is 1.59. The van der Waals surface area contributed by atoms with Gasteiger partial charge in [0.25, 0.3) is 0 Å². The molecule has 5 heteroatoms. The van der Waals surface area contributed by atoms with E-state index in [0.717, 1.165) is 47.8 Å². The Morgan fingerprint density at radius 3 is 2.33 bits per heavy atom. The zero-order valence-electron chi connectivity index (χ0n) is 21.6. The van der Waals surface area contributed by atoms with Gasteiger partial charge < -0.3 is 18.9 Å². The molecule has 0 aliphatic carbocycles. The standard InChI is InChI=1S/C31H32NO4/c1-31(2,3)21-8-6-19(7-9-21)14-24-22-10-11-26(33-4)30(34-5)25(22)17-32-13-12-20-15-27-28(36-18-35-27)16-23(20)29(24)32/h6-11,15-17H,12-14,18H2,1-5H3/q+1. The molecule has 36 heavy (non-hydrogen) atoms. The number of hydrogen-bond acceptors (Lipinski definition) is 4. The number of methoxy groups -OCH3 is 2. The molecule has 0 fully saturated rings. The summed E-state index contributed by atoms with van der Waals surface area (Å²) in [5, 5.41) is 2.23. The molecule has 3 heterocycles. The Morgan fingerprint density at radius 2 is 1.64 bits per heavy atom. The fourth-order valence-electron chi connectivity index (χ4n) is 5.51. The average molecular weight is 483 g/mol. The van der Waals surface area contributed by atoms with E-state index in [1.807, 2.05) is 6.07 Å². The van der Waals surface area contributed by atoms with Gasteiger partial charge in [-0.25, -0.2) is 0 Å². The van der Waals surface area contributed by atoms with Crippen LogP contribution in [-0.4, -0.2) is 21.0 Å². The highest BCUT2D eigenvalue weighted by molar-refractivity contribution is 5.95. The second-order valence-electron chi connectivity index (χ2n) is 10.6. The number of hydrogen-bond donors (Lipinski definition) is 0. The first-order chi connectivity index (χ1) is 17.4. The van der Waals surface area contributed by atoms with E-state index in [4.69, 9.17) is 18.9 Å². The third kappa shape index (κ3) is 3.65. The predicted molar refractivity (Wildman–Crippen MR) is 140 cm³/mol. The van der Waals surface area contributed by atoms with Crippen molar-refractivity contribution in [3.05, 3.63) is 77.0 Å². The molecule has 0 saturated carbocycles. The fourth-order valence-corrected chi connectivity index (χ4v) is 5.51. The summed E-state index contributed by atoms with van der Waals surface area (Å²) in [6.07, 6.45) is 3.95. The van der Waals surface area contributed by atoms with Gasteiger partial charge in [0.05, 0.1) is 25.2 Å². The van der Waals surface area contributed by atoms with E-state index in [1.165, 1.54) is 38.9 Å². The lowest BCUT2D eigenvalue weighted by atomic mass is 9.85. The van der Waals surface area contributed by atoms with Gasteiger partial charge in [0.1, 0.15) is 0 Å². The van der Waals surface area contributed by atoms with Gasteiger partial charge in [-0.1, -0.05) is 45.0 Å². The molecular formula is C31H32NO4+. The van der Waals surface area contributed by atoms with Gasteiger partial charge in [-0.2, -0.15) is 4.57 Å². The van der Waals surface area contributed by atoms with Crippen molar-refractivity contribution in [3.8, 4) is 34.3 Å². The molecule has 2 aliphatic heterocycles. The summed E-state index contributed by atoms with van der Waals surface area (Å²) >= 11 is 0. The van der Waals surface area contributed by atoms with Gasteiger partial charge in [-0.15, -0.1) is 0 Å². The van der Waals surface area contributed by atoms with Crippen LogP contribution < -0.4 is 23.5 Å². The largest absolute Gasteiger partial charge is 0.493 e. The summed E-state index contributed by atoms with van der Waals surface area (Å²) in [5.74, 6) is 3.17. The zero-order chi connectivity index (χ0) is 25.0. The van der Waals surface area contributed by atoms with Gasteiger partial charge in [0, 0.05) is 23.8 Å². The van der Waals surface area contributed by atoms with Crippen LogP contribution in [0.25, 0.3) is 22.0 Å². The number of rotatable bonds is 4. The third-order valence-electron chi connectivity index (χ3n) is 7.44. The Kier molecular flexibility index (Phi) is 5.32. The number of nitrogens with zero attached hydrogens (tertiary/aromatic N) is 1. The SMILES string of the molecule is COc1ccc2c(Cc3ccc(C(C)(C)C)cc3)c3[n+](cc2c1OC)CCc1cc2c(cc1-3)OCO2. The first-order valence-electron chi connectivity index (χ1n) is 12.5. The summed E-state index contributed by atoms with van der Waals surface area (Å²) in [4.78, 5) is 0. The van der Waals surface area contributed by atoms with Crippen molar-refractivity contribution < 1.29 is 23.5 Å². The number of benzene rings is 3. The molecule has 0 saturated heterocycles. The number of aromatic nitrogens is 1. The Bertz CT molecular complexity index is 1480. The van der Waals surface area contributed by atoms with Gasteiger partial charge in [-0.3, -0.25) is 0 Å². The molecule has 0 N–H and O–H groups in total. The maximum absolute atomic E-state index is 5.85. The Labute approximate surface area is 212 Å².